The van der Waals surface area contributed by atoms with Gasteiger partial charge < -0.3 is 9.15 Å². The summed E-state index contributed by atoms with van der Waals surface area (Å²) < 4.78 is 37.9. The van der Waals surface area contributed by atoms with Gasteiger partial charge in [0, 0.05) is 12.5 Å². The first-order chi connectivity index (χ1) is 13.3. The molecule has 0 aliphatic carbocycles. The summed E-state index contributed by atoms with van der Waals surface area (Å²) in [6.45, 7) is 8.71. The van der Waals surface area contributed by atoms with Gasteiger partial charge in [-0.25, -0.2) is 4.79 Å². The molecule has 0 aliphatic heterocycles. The predicted octanol–water partition coefficient (Wildman–Crippen LogP) is 3.39. The Bertz CT molecular complexity index is 1070. The maximum absolute atomic E-state index is 12.8. The number of benzene rings is 1. The molecule has 7 nitrogen and oxygen atoms in total. The van der Waals surface area contributed by atoms with Crippen LogP contribution in [0.5, 0.6) is 5.75 Å². The van der Waals surface area contributed by atoms with Crippen molar-refractivity contribution in [3.05, 3.63) is 51.6 Å². The summed E-state index contributed by atoms with van der Waals surface area (Å²) in [6.07, 6.45) is 0.957. The second-order valence-electron chi connectivity index (χ2n) is 7.97. The molecule has 0 aliphatic rings. The van der Waals surface area contributed by atoms with Crippen LogP contribution >= 0.6 is 0 Å². The smallest absolute Gasteiger partial charge is 0.347 e. The summed E-state index contributed by atoms with van der Waals surface area (Å²) in [5.41, 5.74) is 1.14. The fourth-order valence-corrected chi connectivity index (χ4v) is 2.99. The van der Waals surface area contributed by atoms with Gasteiger partial charge in [-0.2, -0.15) is 8.42 Å². The molecule has 158 valence electrons. The molecule has 0 atom stereocenters. The zero-order valence-corrected chi connectivity index (χ0v) is 18.3. The highest BCUT2D eigenvalue weighted by Gasteiger charge is 2.27. The van der Waals surface area contributed by atoms with Crippen molar-refractivity contribution in [3.63, 3.8) is 0 Å². The Hall–Kier alpha value is -2.45. The Balaban J connectivity index is 2.53. The fraction of sp³-hybridized carbons (Fsp3) is 0.429. The van der Waals surface area contributed by atoms with Crippen LogP contribution in [0, 0.1) is 19.3 Å². The molecule has 1 heterocycles. The van der Waals surface area contributed by atoms with E-state index in [0.717, 1.165) is 17.4 Å². The van der Waals surface area contributed by atoms with E-state index in [-0.39, 0.29) is 30.1 Å². The molecular weight excluding hydrogens is 396 g/mol. The molecule has 0 saturated carbocycles. The highest BCUT2D eigenvalue weighted by atomic mass is 32.2. The van der Waals surface area contributed by atoms with E-state index >= 15 is 0 Å². The highest BCUT2D eigenvalue weighted by molar-refractivity contribution is 7.85. The van der Waals surface area contributed by atoms with Gasteiger partial charge in [-0.15, -0.1) is 0 Å². The third kappa shape index (κ3) is 6.27. The van der Waals surface area contributed by atoms with Crippen LogP contribution in [-0.4, -0.2) is 27.2 Å². The number of carbonyl (C=O) groups excluding carboxylic acids is 1. The topological polar surface area (TPSA) is 99.9 Å². The molecule has 0 saturated heterocycles. The first kappa shape index (κ1) is 22.8. The van der Waals surface area contributed by atoms with Crippen molar-refractivity contribution in [2.45, 2.75) is 41.0 Å². The number of esters is 1. The Morgan fingerprint density at radius 1 is 1.14 bits per heavy atom. The molecule has 0 amide bonds. The second-order valence-corrected chi connectivity index (χ2v) is 9.62. The Kier molecular flexibility index (Phi) is 6.70. The zero-order valence-electron chi connectivity index (χ0n) is 17.5. The molecule has 8 heteroatoms. The van der Waals surface area contributed by atoms with E-state index in [1.165, 1.54) is 6.07 Å². The average Bonchev–Trinajstić information content (AvgIpc) is 2.54. The Labute approximate surface area is 170 Å². The van der Waals surface area contributed by atoms with Crippen LogP contribution in [0.25, 0.3) is 11.1 Å². The van der Waals surface area contributed by atoms with Crippen LogP contribution in [0.2, 0.25) is 0 Å². The van der Waals surface area contributed by atoms with E-state index in [1.54, 1.807) is 26.8 Å². The van der Waals surface area contributed by atoms with E-state index < -0.39 is 27.1 Å². The lowest BCUT2D eigenvalue weighted by molar-refractivity contribution is -0.142. The highest BCUT2D eigenvalue weighted by Crippen LogP contribution is 2.32. The van der Waals surface area contributed by atoms with Crippen molar-refractivity contribution in [2.75, 3.05) is 12.9 Å². The van der Waals surface area contributed by atoms with Gasteiger partial charge in [-0.3, -0.25) is 8.98 Å². The number of aryl methyl sites for hydroxylation is 2. The van der Waals surface area contributed by atoms with E-state index in [1.807, 2.05) is 26.0 Å². The Morgan fingerprint density at radius 3 is 2.34 bits per heavy atom. The first-order valence-electron chi connectivity index (χ1n) is 9.09. The minimum absolute atomic E-state index is 0.0234. The molecular formula is C21H26O7S. The summed E-state index contributed by atoms with van der Waals surface area (Å²) in [5, 5.41) is 0. The molecule has 0 N–H and O–H groups in total. The first-order valence-corrected chi connectivity index (χ1v) is 10.9. The summed E-state index contributed by atoms with van der Waals surface area (Å²) in [4.78, 5) is 25.2. The molecule has 0 unspecified atom stereocenters. The number of rotatable bonds is 6. The number of carbonyl (C=O) groups is 1. The summed E-state index contributed by atoms with van der Waals surface area (Å²) in [5.74, 6) is -0.279. The van der Waals surface area contributed by atoms with Crippen LogP contribution in [0.1, 0.15) is 37.7 Å². The standard InChI is InChI=1S/C21H26O7S/c1-13-7-8-16(14(2)11-13)18-17(28-20(23)21(3,4)5)12-15(27-19(18)22)9-10-26-29(6,24)25/h7-8,11-12H,9-10H2,1-6H3. The van der Waals surface area contributed by atoms with Gasteiger partial charge in [0.2, 0.25) is 0 Å². The lowest BCUT2D eigenvalue weighted by atomic mass is 9.96. The quantitative estimate of drug-likeness (QED) is 0.519. The SMILES string of the molecule is Cc1ccc(-c2c(OC(=O)C(C)(C)C)cc(CCOS(C)(=O)=O)oc2=O)c(C)c1. The molecule has 0 spiro atoms. The van der Waals surface area contributed by atoms with Crippen molar-refractivity contribution >= 4 is 16.1 Å². The third-order valence-electron chi connectivity index (χ3n) is 4.08. The molecule has 1 aromatic carbocycles. The van der Waals surface area contributed by atoms with Crippen LogP contribution < -0.4 is 10.4 Å². The molecule has 2 aromatic rings. The summed E-state index contributed by atoms with van der Waals surface area (Å²) in [7, 11) is -3.62. The molecule has 0 bridgehead atoms. The van der Waals surface area contributed by atoms with Crippen LogP contribution in [0.15, 0.2) is 33.5 Å². The average molecular weight is 422 g/mol. The van der Waals surface area contributed by atoms with E-state index in [2.05, 4.69) is 0 Å². The summed E-state index contributed by atoms with van der Waals surface area (Å²) >= 11 is 0. The summed E-state index contributed by atoms with van der Waals surface area (Å²) in [6, 6.07) is 6.98. The van der Waals surface area contributed by atoms with Crippen molar-refractivity contribution in [1.29, 1.82) is 0 Å². The van der Waals surface area contributed by atoms with Crippen LogP contribution in [0.4, 0.5) is 0 Å². The van der Waals surface area contributed by atoms with E-state index in [4.69, 9.17) is 13.3 Å². The largest absolute Gasteiger partial charge is 0.427 e. The van der Waals surface area contributed by atoms with Crippen molar-refractivity contribution in [3.8, 4) is 16.9 Å². The van der Waals surface area contributed by atoms with Crippen molar-refractivity contribution in [2.24, 2.45) is 5.41 Å². The zero-order chi connectivity index (χ0) is 22.0. The number of ether oxygens (including phenoxy) is 1. The lowest BCUT2D eigenvalue weighted by Gasteiger charge is -2.18. The number of hydrogen-bond acceptors (Lipinski definition) is 7. The van der Waals surface area contributed by atoms with E-state index in [9.17, 15) is 18.0 Å². The van der Waals surface area contributed by atoms with Crippen molar-refractivity contribution < 1.29 is 26.5 Å². The molecule has 0 radical (unpaired) electrons. The van der Waals surface area contributed by atoms with Gasteiger partial charge in [-0.05, 0) is 45.7 Å². The van der Waals surface area contributed by atoms with Gasteiger partial charge in [0.15, 0.2) is 0 Å². The molecule has 29 heavy (non-hydrogen) atoms. The normalized spacial score (nSPS) is 12.1. The Morgan fingerprint density at radius 2 is 1.79 bits per heavy atom. The second kappa shape index (κ2) is 8.51. The van der Waals surface area contributed by atoms with Gasteiger partial charge in [0.1, 0.15) is 17.1 Å². The monoisotopic (exact) mass is 422 g/mol. The number of hydrogen-bond donors (Lipinski definition) is 0. The molecule has 2 rings (SSSR count). The predicted molar refractivity (Wildman–Crippen MR) is 109 cm³/mol. The molecule has 0 fully saturated rings. The third-order valence-corrected chi connectivity index (χ3v) is 4.67. The van der Waals surface area contributed by atoms with Crippen LogP contribution in [0.3, 0.4) is 0 Å². The minimum Gasteiger partial charge on any atom is -0.427 e. The van der Waals surface area contributed by atoms with Gasteiger partial charge >= 0.3 is 11.6 Å². The van der Waals surface area contributed by atoms with Gasteiger partial charge in [0.05, 0.1) is 18.3 Å². The van der Waals surface area contributed by atoms with Crippen molar-refractivity contribution in [1.82, 2.24) is 0 Å². The lowest BCUT2D eigenvalue weighted by Crippen LogP contribution is -2.26. The maximum atomic E-state index is 12.8. The van der Waals surface area contributed by atoms with Gasteiger partial charge in [0.25, 0.3) is 10.1 Å². The maximum Gasteiger partial charge on any atom is 0.347 e. The molecule has 1 aromatic heterocycles. The van der Waals surface area contributed by atoms with Crippen LogP contribution in [-0.2, 0) is 25.5 Å². The minimum atomic E-state index is -3.62. The van der Waals surface area contributed by atoms with Gasteiger partial charge in [-0.1, -0.05) is 23.8 Å². The van der Waals surface area contributed by atoms with E-state index in [0.29, 0.717) is 5.56 Å². The fourth-order valence-electron chi connectivity index (χ4n) is 2.61.